The average molecular weight is 333 g/mol. The molecule has 104 valence electrons. The van der Waals surface area contributed by atoms with E-state index in [1.165, 1.54) is 5.56 Å². The number of anilines is 1. The van der Waals surface area contributed by atoms with Crippen LogP contribution in [0, 0.1) is 5.41 Å². The lowest BCUT2D eigenvalue weighted by Crippen LogP contribution is -2.22. The number of aromatic nitrogens is 1. The van der Waals surface area contributed by atoms with E-state index in [-0.39, 0.29) is 5.84 Å². The zero-order valence-corrected chi connectivity index (χ0v) is 12.9. The zero-order valence-electron chi connectivity index (χ0n) is 11.3. The van der Waals surface area contributed by atoms with Gasteiger partial charge in [-0.1, -0.05) is 0 Å². The van der Waals surface area contributed by atoms with E-state index in [2.05, 4.69) is 32.7 Å². The number of pyridine rings is 1. The van der Waals surface area contributed by atoms with Crippen LogP contribution < -0.4 is 10.6 Å². The standard InChI is InChI=1S/C15H17BrN4/c1-2-20(10-11-5-7-19-8-6-11)14-4-3-12(15(17)18)9-13(14)16/h3-9H,2,10H2,1H3,(H3,17,18). The molecule has 0 bridgehead atoms. The summed E-state index contributed by atoms with van der Waals surface area (Å²) in [6.07, 6.45) is 3.61. The Morgan fingerprint density at radius 1 is 1.30 bits per heavy atom. The summed E-state index contributed by atoms with van der Waals surface area (Å²) in [4.78, 5) is 6.29. The second-order valence-corrected chi connectivity index (χ2v) is 5.30. The van der Waals surface area contributed by atoms with Gasteiger partial charge in [-0.25, -0.2) is 0 Å². The molecule has 2 aromatic rings. The van der Waals surface area contributed by atoms with Crippen LogP contribution in [0.4, 0.5) is 5.69 Å². The first-order valence-corrected chi connectivity index (χ1v) is 7.19. The van der Waals surface area contributed by atoms with E-state index in [9.17, 15) is 0 Å². The van der Waals surface area contributed by atoms with Crippen molar-refractivity contribution in [2.75, 3.05) is 11.4 Å². The molecule has 0 saturated carbocycles. The molecule has 4 nitrogen and oxygen atoms in total. The molecule has 1 heterocycles. The van der Waals surface area contributed by atoms with Crippen molar-refractivity contribution < 1.29 is 0 Å². The highest BCUT2D eigenvalue weighted by molar-refractivity contribution is 9.10. The first-order chi connectivity index (χ1) is 9.61. The summed E-state index contributed by atoms with van der Waals surface area (Å²) >= 11 is 3.56. The molecule has 0 aliphatic carbocycles. The van der Waals surface area contributed by atoms with Crippen molar-refractivity contribution in [2.45, 2.75) is 13.5 Å². The number of hydrogen-bond acceptors (Lipinski definition) is 3. The fraction of sp³-hybridized carbons (Fsp3) is 0.200. The Labute approximate surface area is 127 Å². The van der Waals surface area contributed by atoms with Gasteiger partial charge in [0, 0.05) is 35.5 Å². The number of amidine groups is 1. The number of benzene rings is 1. The van der Waals surface area contributed by atoms with Gasteiger partial charge in [0.15, 0.2) is 0 Å². The molecule has 1 aromatic carbocycles. The van der Waals surface area contributed by atoms with E-state index in [1.807, 2.05) is 30.3 Å². The molecule has 2 rings (SSSR count). The number of nitrogens with one attached hydrogen (secondary N) is 1. The Morgan fingerprint density at radius 3 is 2.55 bits per heavy atom. The van der Waals surface area contributed by atoms with E-state index in [1.54, 1.807) is 12.4 Å². The maximum atomic E-state index is 7.47. The summed E-state index contributed by atoms with van der Waals surface area (Å²) in [5, 5.41) is 7.47. The summed E-state index contributed by atoms with van der Waals surface area (Å²) < 4.78 is 0.945. The SMILES string of the molecule is CCN(Cc1ccncc1)c1ccc(C(=N)N)cc1Br. The minimum Gasteiger partial charge on any atom is -0.384 e. The highest BCUT2D eigenvalue weighted by Gasteiger charge is 2.10. The van der Waals surface area contributed by atoms with Gasteiger partial charge in [-0.2, -0.15) is 0 Å². The largest absolute Gasteiger partial charge is 0.384 e. The monoisotopic (exact) mass is 332 g/mol. The lowest BCUT2D eigenvalue weighted by molar-refractivity contribution is 0.828. The van der Waals surface area contributed by atoms with Crippen LogP contribution in [0.15, 0.2) is 47.2 Å². The number of halogens is 1. The first-order valence-electron chi connectivity index (χ1n) is 6.39. The summed E-state index contributed by atoms with van der Waals surface area (Å²) in [5.41, 5.74) is 8.53. The molecule has 0 unspecified atom stereocenters. The molecule has 0 saturated heterocycles. The molecule has 0 aliphatic heterocycles. The molecular weight excluding hydrogens is 316 g/mol. The van der Waals surface area contributed by atoms with Crippen molar-refractivity contribution in [3.63, 3.8) is 0 Å². The normalized spacial score (nSPS) is 10.3. The summed E-state index contributed by atoms with van der Waals surface area (Å²) in [6, 6.07) is 9.77. The van der Waals surface area contributed by atoms with Gasteiger partial charge >= 0.3 is 0 Å². The van der Waals surface area contributed by atoms with Crippen LogP contribution >= 0.6 is 15.9 Å². The summed E-state index contributed by atoms with van der Waals surface area (Å²) in [7, 11) is 0. The Bertz CT molecular complexity index is 598. The van der Waals surface area contributed by atoms with Crippen LogP contribution in [-0.4, -0.2) is 17.4 Å². The molecule has 0 fully saturated rings. The third-order valence-corrected chi connectivity index (χ3v) is 3.74. The van der Waals surface area contributed by atoms with Gasteiger partial charge < -0.3 is 10.6 Å². The van der Waals surface area contributed by atoms with Gasteiger partial charge in [-0.05, 0) is 58.7 Å². The predicted octanol–water partition coefficient (Wildman–Crippen LogP) is 3.15. The Morgan fingerprint density at radius 2 is 2.00 bits per heavy atom. The second kappa shape index (κ2) is 6.52. The third-order valence-electron chi connectivity index (χ3n) is 3.10. The van der Waals surface area contributed by atoms with E-state index >= 15 is 0 Å². The lowest BCUT2D eigenvalue weighted by Gasteiger charge is -2.24. The van der Waals surface area contributed by atoms with Gasteiger partial charge in [0.2, 0.25) is 0 Å². The van der Waals surface area contributed by atoms with E-state index in [0.717, 1.165) is 28.8 Å². The molecule has 3 N–H and O–H groups in total. The molecular formula is C15H17BrN4. The molecule has 0 radical (unpaired) electrons. The topological polar surface area (TPSA) is 66.0 Å². The van der Waals surface area contributed by atoms with Crippen LogP contribution in [0.25, 0.3) is 0 Å². The Balaban J connectivity index is 2.26. The van der Waals surface area contributed by atoms with Crippen molar-refractivity contribution >= 4 is 27.5 Å². The third kappa shape index (κ3) is 3.36. The molecule has 0 aliphatic rings. The first kappa shape index (κ1) is 14.5. The Hall–Kier alpha value is -1.88. The van der Waals surface area contributed by atoms with Gasteiger partial charge in [0.25, 0.3) is 0 Å². The number of nitrogens with zero attached hydrogens (tertiary/aromatic N) is 2. The van der Waals surface area contributed by atoms with Crippen LogP contribution in [0.3, 0.4) is 0 Å². The second-order valence-electron chi connectivity index (χ2n) is 4.45. The maximum Gasteiger partial charge on any atom is 0.122 e. The molecule has 0 spiro atoms. The van der Waals surface area contributed by atoms with Gasteiger partial charge in [0.1, 0.15) is 5.84 Å². The van der Waals surface area contributed by atoms with E-state index < -0.39 is 0 Å². The molecule has 0 atom stereocenters. The van der Waals surface area contributed by atoms with Crippen molar-refractivity contribution in [3.05, 3.63) is 58.3 Å². The highest BCUT2D eigenvalue weighted by Crippen LogP contribution is 2.28. The van der Waals surface area contributed by atoms with E-state index in [0.29, 0.717) is 0 Å². The predicted molar refractivity (Wildman–Crippen MR) is 86.1 cm³/mol. The summed E-state index contributed by atoms with van der Waals surface area (Å²) in [6.45, 7) is 3.82. The minimum atomic E-state index is 0.0782. The highest BCUT2D eigenvalue weighted by atomic mass is 79.9. The quantitative estimate of drug-likeness (QED) is 0.652. The minimum absolute atomic E-state index is 0.0782. The fourth-order valence-corrected chi connectivity index (χ4v) is 2.64. The number of nitrogen functional groups attached to an aromatic ring is 1. The average Bonchev–Trinajstić information content (AvgIpc) is 2.46. The van der Waals surface area contributed by atoms with E-state index in [4.69, 9.17) is 11.1 Å². The van der Waals surface area contributed by atoms with Crippen LogP contribution in [0.5, 0.6) is 0 Å². The van der Waals surface area contributed by atoms with Crippen molar-refractivity contribution in [1.29, 1.82) is 5.41 Å². The maximum absolute atomic E-state index is 7.47. The smallest absolute Gasteiger partial charge is 0.122 e. The van der Waals surface area contributed by atoms with Crippen molar-refractivity contribution in [2.24, 2.45) is 5.73 Å². The zero-order chi connectivity index (χ0) is 14.5. The van der Waals surface area contributed by atoms with Crippen molar-refractivity contribution in [3.8, 4) is 0 Å². The van der Waals surface area contributed by atoms with Crippen LogP contribution in [0.2, 0.25) is 0 Å². The number of hydrogen-bond donors (Lipinski definition) is 2. The number of rotatable bonds is 5. The Kier molecular flexibility index (Phi) is 4.74. The van der Waals surface area contributed by atoms with Crippen LogP contribution in [-0.2, 0) is 6.54 Å². The number of nitrogens with two attached hydrogens (primary N) is 1. The summed E-state index contributed by atoms with van der Waals surface area (Å²) in [5.74, 6) is 0.0782. The molecule has 20 heavy (non-hydrogen) atoms. The molecule has 0 amide bonds. The fourth-order valence-electron chi connectivity index (χ4n) is 2.01. The van der Waals surface area contributed by atoms with Crippen molar-refractivity contribution in [1.82, 2.24) is 4.98 Å². The van der Waals surface area contributed by atoms with Gasteiger partial charge in [-0.3, -0.25) is 10.4 Å². The van der Waals surface area contributed by atoms with Gasteiger partial charge in [-0.15, -0.1) is 0 Å². The molecule has 1 aromatic heterocycles. The lowest BCUT2D eigenvalue weighted by atomic mass is 10.1. The molecule has 5 heteroatoms. The van der Waals surface area contributed by atoms with Crippen LogP contribution in [0.1, 0.15) is 18.1 Å². The van der Waals surface area contributed by atoms with Gasteiger partial charge in [0.05, 0.1) is 5.69 Å².